The highest BCUT2D eigenvalue weighted by Gasteiger charge is 2.20. The SMILES string of the molecule is Cc1ccc(NC(=O)[C@H](C)OC(=O)c2ccc[nH]c2=O)cc1. The van der Waals surface area contributed by atoms with Crippen LogP contribution in [0.3, 0.4) is 0 Å². The third kappa shape index (κ3) is 3.82. The van der Waals surface area contributed by atoms with E-state index in [1.54, 1.807) is 12.1 Å². The lowest BCUT2D eigenvalue weighted by Crippen LogP contribution is -2.31. The van der Waals surface area contributed by atoms with Gasteiger partial charge in [0.1, 0.15) is 5.56 Å². The van der Waals surface area contributed by atoms with Crippen LogP contribution in [0.15, 0.2) is 47.4 Å². The smallest absolute Gasteiger partial charge is 0.344 e. The molecule has 0 aliphatic heterocycles. The Hall–Kier alpha value is -2.89. The molecule has 0 saturated heterocycles. The number of pyridine rings is 1. The summed E-state index contributed by atoms with van der Waals surface area (Å²) >= 11 is 0. The molecule has 0 aliphatic rings. The molecule has 1 heterocycles. The molecule has 0 aliphatic carbocycles. The molecule has 0 bridgehead atoms. The van der Waals surface area contributed by atoms with Crippen LogP contribution in [0.2, 0.25) is 0 Å². The Morgan fingerprint density at radius 1 is 1.18 bits per heavy atom. The molecule has 22 heavy (non-hydrogen) atoms. The zero-order valence-electron chi connectivity index (χ0n) is 12.3. The molecule has 6 heteroatoms. The average Bonchev–Trinajstić information content (AvgIpc) is 2.49. The van der Waals surface area contributed by atoms with Gasteiger partial charge < -0.3 is 15.0 Å². The third-order valence-electron chi connectivity index (χ3n) is 3.01. The minimum absolute atomic E-state index is 0.141. The van der Waals surface area contributed by atoms with Crippen LogP contribution in [0.5, 0.6) is 0 Å². The van der Waals surface area contributed by atoms with Crippen molar-refractivity contribution in [3.8, 4) is 0 Å². The fourth-order valence-corrected chi connectivity index (χ4v) is 1.74. The maximum atomic E-state index is 12.0. The van der Waals surface area contributed by atoms with Crippen LogP contribution >= 0.6 is 0 Å². The minimum atomic E-state index is -1.02. The first-order valence-electron chi connectivity index (χ1n) is 6.73. The quantitative estimate of drug-likeness (QED) is 0.844. The normalized spacial score (nSPS) is 11.5. The van der Waals surface area contributed by atoms with E-state index in [2.05, 4.69) is 10.3 Å². The first-order valence-corrected chi connectivity index (χ1v) is 6.73. The number of carbonyl (C=O) groups excluding carboxylic acids is 2. The summed E-state index contributed by atoms with van der Waals surface area (Å²) in [6.07, 6.45) is 0.389. The summed E-state index contributed by atoms with van der Waals surface area (Å²) in [6.45, 7) is 3.38. The highest BCUT2D eigenvalue weighted by Crippen LogP contribution is 2.10. The molecule has 0 saturated carbocycles. The third-order valence-corrected chi connectivity index (χ3v) is 3.01. The average molecular weight is 300 g/mol. The van der Waals surface area contributed by atoms with Gasteiger partial charge in [0.05, 0.1) is 0 Å². The maximum Gasteiger partial charge on any atom is 0.344 e. The lowest BCUT2D eigenvalue weighted by Gasteiger charge is -2.13. The van der Waals surface area contributed by atoms with Crippen molar-refractivity contribution >= 4 is 17.6 Å². The molecule has 0 fully saturated rings. The van der Waals surface area contributed by atoms with Crippen molar-refractivity contribution in [2.75, 3.05) is 5.32 Å². The Morgan fingerprint density at radius 3 is 2.50 bits per heavy atom. The number of hydrogen-bond acceptors (Lipinski definition) is 4. The number of aromatic amines is 1. The van der Waals surface area contributed by atoms with Crippen molar-refractivity contribution in [1.82, 2.24) is 4.98 Å². The molecule has 1 amide bonds. The van der Waals surface area contributed by atoms with Crippen LogP contribution in [-0.4, -0.2) is 23.0 Å². The van der Waals surface area contributed by atoms with Crippen LogP contribution in [0.25, 0.3) is 0 Å². The molecule has 2 aromatic rings. The van der Waals surface area contributed by atoms with E-state index >= 15 is 0 Å². The monoisotopic (exact) mass is 300 g/mol. The van der Waals surface area contributed by atoms with Gasteiger partial charge in [0.25, 0.3) is 11.5 Å². The number of ether oxygens (including phenoxy) is 1. The second kappa shape index (κ2) is 6.71. The molecule has 2 N–H and O–H groups in total. The largest absolute Gasteiger partial charge is 0.449 e. The van der Waals surface area contributed by atoms with Crippen molar-refractivity contribution in [3.05, 3.63) is 64.1 Å². The second-order valence-corrected chi connectivity index (χ2v) is 4.82. The van der Waals surface area contributed by atoms with Crippen molar-refractivity contribution in [2.24, 2.45) is 0 Å². The molecular weight excluding hydrogens is 284 g/mol. The second-order valence-electron chi connectivity index (χ2n) is 4.82. The standard InChI is InChI=1S/C16H16N2O4/c1-10-5-7-12(8-6-10)18-14(19)11(2)22-16(21)13-4-3-9-17-15(13)20/h3-9,11H,1-2H3,(H,17,20)(H,18,19)/t11-/m0/s1. The first-order chi connectivity index (χ1) is 10.5. The number of anilines is 1. The fraction of sp³-hybridized carbons (Fsp3) is 0.188. The molecule has 2 rings (SSSR count). The van der Waals surface area contributed by atoms with Gasteiger partial charge in [0.15, 0.2) is 6.10 Å². The van der Waals surface area contributed by atoms with E-state index in [-0.39, 0.29) is 5.56 Å². The zero-order valence-corrected chi connectivity index (χ0v) is 12.3. The van der Waals surface area contributed by atoms with Gasteiger partial charge in [-0.1, -0.05) is 17.7 Å². The van der Waals surface area contributed by atoms with E-state index in [0.717, 1.165) is 5.56 Å². The Labute approximate surface area is 127 Å². The molecule has 0 spiro atoms. The number of hydrogen-bond donors (Lipinski definition) is 2. The molecule has 0 unspecified atom stereocenters. The number of esters is 1. The molecule has 1 atom stereocenters. The van der Waals surface area contributed by atoms with Crippen molar-refractivity contribution in [2.45, 2.75) is 20.0 Å². The lowest BCUT2D eigenvalue weighted by molar-refractivity contribution is -0.123. The Bertz CT molecular complexity index is 734. The van der Waals surface area contributed by atoms with Crippen molar-refractivity contribution < 1.29 is 14.3 Å². The van der Waals surface area contributed by atoms with Crippen LogP contribution < -0.4 is 10.9 Å². The predicted octanol–water partition coefficient (Wildman–Crippen LogP) is 1.87. The molecule has 0 radical (unpaired) electrons. The molecule has 1 aromatic heterocycles. The lowest BCUT2D eigenvalue weighted by atomic mass is 10.2. The van der Waals surface area contributed by atoms with E-state index in [4.69, 9.17) is 4.74 Å². The Morgan fingerprint density at radius 2 is 1.86 bits per heavy atom. The van der Waals surface area contributed by atoms with E-state index in [1.807, 2.05) is 19.1 Å². The van der Waals surface area contributed by atoms with Gasteiger partial charge in [-0.05, 0) is 38.1 Å². The summed E-state index contributed by atoms with van der Waals surface area (Å²) in [7, 11) is 0. The summed E-state index contributed by atoms with van der Waals surface area (Å²) in [4.78, 5) is 37.7. The van der Waals surface area contributed by atoms with Crippen LogP contribution in [0.1, 0.15) is 22.8 Å². The summed E-state index contributed by atoms with van der Waals surface area (Å²) in [5, 5.41) is 2.64. The summed E-state index contributed by atoms with van der Waals surface area (Å²) in [6, 6.07) is 10.1. The van der Waals surface area contributed by atoms with Gasteiger partial charge in [-0.15, -0.1) is 0 Å². The fourth-order valence-electron chi connectivity index (χ4n) is 1.74. The zero-order chi connectivity index (χ0) is 16.1. The topological polar surface area (TPSA) is 88.3 Å². The summed E-state index contributed by atoms with van der Waals surface area (Å²) < 4.78 is 5.00. The molecule has 6 nitrogen and oxygen atoms in total. The first kappa shape index (κ1) is 15.5. The number of benzene rings is 1. The number of carbonyl (C=O) groups is 2. The molecule has 1 aromatic carbocycles. The van der Waals surface area contributed by atoms with Crippen LogP contribution in [-0.2, 0) is 9.53 Å². The molecular formula is C16H16N2O4. The van der Waals surface area contributed by atoms with E-state index in [9.17, 15) is 14.4 Å². The van der Waals surface area contributed by atoms with Crippen LogP contribution in [0.4, 0.5) is 5.69 Å². The van der Waals surface area contributed by atoms with Gasteiger partial charge >= 0.3 is 5.97 Å². The van der Waals surface area contributed by atoms with Crippen molar-refractivity contribution in [3.63, 3.8) is 0 Å². The van der Waals surface area contributed by atoms with Gasteiger partial charge in [0.2, 0.25) is 0 Å². The maximum absolute atomic E-state index is 12.0. The van der Waals surface area contributed by atoms with Gasteiger partial charge in [-0.3, -0.25) is 9.59 Å². The number of amides is 1. The number of nitrogens with one attached hydrogen (secondary N) is 2. The number of aryl methyl sites for hydroxylation is 1. The van der Waals surface area contributed by atoms with Gasteiger partial charge in [0, 0.05) is 11.9 Å². The number of rotatable bonds is 4. The van der Waals surface area contributed by atoms with E-state index < -0.39 is 23.5 Å². The predicted molar refractivity (Wildman–Crippen MR) is 81.7 cm³/mol. The minimum Gasteiger partial charge on any atom is -0.449 e. The van der Waals surface area contributed by atoms with Gasteiger partial charge in [-0.2, -0.15) is 0 Å². The van der Waals surface area contributed by atoms with E-state index in [0.29, 0.717) is 5.69 Å². The number of H-pyrrole nitrogens is 1. The highest BCUT2D eigenvalue weighted by atomic mass is 16.5. The van der Waals surface area contributed by atoms with Crippen molar-refractivity contribution in [1.29, 1.82) is 0 Å². The van der Waals surface area contributed by atoms with Gasteiger partial charge in [-0.25, -0.2) is 4.79 Å². The van der Waals surface area contributed by atoms with Crippen LogP contribution in [0, 0.1) is 6.92 Å². The highest BCUT2D eigenvalue weighted by molar-refractivity contribution is 5.97. The Balaban J connectivity index is 1.99. The van der Waals surface area contributed by atoms with E-state index in [1.165, 1.54) is 25.3 Å². The summed E-state index contributed by atoms with van der Waals surface area (Å²) in [5.74, 6) is -1.31. The number of aromatic nitrogens is 1. The molecule has 114 valence electrons. The summed E-state index contributed by atoms with van der Waals surface area (Å²) in [5.41, 5.74) is 0.980. The Kier molecular flexibility index (Phi) is 4.73.